The second-order valence-corrected chi connectivity index (χ2v) is 5.59. The van der Waals surface area contributed by atoms with Crippen LogP contribution in [-0.4, -0.2) is 17.8 Å². The molecule has 1 fully saturated rings. The molecule has 1 aromatic rings. The lowest BCUT2D eigenvalue weighted by molar-refractivity contribution is 0.205. The predicted octanol–water partition coefficient (Wildman–Crippen LogP) is 3.28. The van der Waals surface area contributed by atoms with Crippen molar-refractivity contribution < 1.29 is 9.84 Å². The minimum Gasteiger partial charge on any atom is -0.490 e. The molecule has 1 aromatic carbocycles. The van der Waals surface area contributed by atoms with Crippen LogP contribution in [0.1, 0.15) is 45.1 Å². The van der Waals surface area contributed by atoms with Crippen LogP contribution >= 0.6 is 0 Å². The summed E-state index contributed by atoms with van der Waals surface area (Å²) in [7, 11) is 0. The van der Waals surface area contributed by atoms with E-state index in [9.17, 15) is 5.11 Å². The Bertz CT molecular complexity index is 365. The van der Waals surface area contributed by atoms with Crippen LogP contribution in [0.15, 0.2) is 24.3 Å². The van der Waals surface area contributed by atoms with Crippen molar-refractivity contribution >= 4 is 0 Å². The molecule has 0 radical (unpaired) electrons. The van der Waals surface area contributed by atoms with Gasteiger partial charge < -0.3 is 9.84 Å². The Morgan fingerprint density at radius 3 is 2.65 bits per heavy atom. The van der Waals surface area contributed by atoms with Crippen molar-refractivity contribution in [2.75, 3.05) is 6.61 Å². The van der Waals surface area contributed by atoms with Gasteiger partial charge in [-0.15, -0.1) is 0 Å². The van der Waals surface area contributed by atoms with Crippen LogP contribution in [0.5, 0.6) is 5.75 Å². The summed E-state index contributed by atoms with van der Waals surface area (Å²) in [6.45, 7) is 4.24. The Morgan fingerprint density at radius 2 is 2.00 bits per heavy atom. The second-order valence-electron chi connectivity index (χ2n) is 5.59. The third-order valence-corrected chi connectivity index (χ3v) is 3.62. The van der Waals surface area contributed by atoms with Gasteiger partial charge in [-0.1, -0.05) is 26.0 Å². The maximum atomic E-state index is 9.38. The van der Waals surface area contributed by atoms with Gasteiger partial charge in [0.25, 0.3) is 0 Å². The molecule has 0 aromatic heterocycles. The van der Waals surface area contributed by atoms with Crippen LogP contribution in [0, 0.1) is 0 Å². The van der Waals surface area contributed by atoms with Crippen molar-refractivity contribution in [3.05, 3.63) is 29.8 Å². The highest BCUT2D eigenvalue weighted by atomic mass is 16.5. The summed E-state index contributed by atoms with van der Waals surface area (Å²) in [6.07, 6.45) is 5.31. The molecule has 0 bridgehead atoms. The molecule has 1 saturated carbocycles. The average molecular weight is 234 g/mol. The third kappa shape index (κ3) is 3.01. The molecule has 2 heteroatoms. The van der Waals surface area contributed by atoms with E-state index in [2.05, 4.69) is 12.1 Å². The summed E-state index contributed by atoms with van der Waals surface area (Å²) in [5.74, 6) is 0.941. The topological polar surface area (TPSA) is 29.5 Å². The maximum Gasteiger partial charge on any atom is 0.120 e. The largest absolute Gasteiger partial charge is 0.490 e. The summed E-state index contributed by atoms with van der Waals surface area (Å²) in [5, 5.41) is 9.38. The van der Waals surface area contributed by atoms with Crippen molar-refractivity contribution in [2.24, 2.45) is 0 Å². The molecule has 0 saturated heterocycles. The van der Waals surface area contributed by atoms with Crippen LogP contribution < -0.4 is 4.74 Å². The Labute approximate surface area is 104 Å². The molecule has 0 unspecified atom stereocenters. The van der Waals surface area contributed by atoms with Gasteiger partial charge in [0.1, 0.15) is 5.75 Å². The van der Waals surface area contributed by atoms with E-state index in [1.165, 1.54) is 25.7 Å². The lowest BCUT2D eigenvalue weighted by Gasteiger charge is -2.23. The van der Waals surface area contributed by atoms with Crippen LogP contribution in [0.3, 0.4) is 0 Å². The third-order valence-electron chi connectivity index (χ3n) is 3.62. The second kappa shape index (κ2) is 5.09. The van der Waals surface area contributed by atoms with E-state index in [1.54, 1.807) is 0 Å². The van der Waals surface area contributed by atoms with E-state index in [0.717, 1.165) is 11.3 Å². The summed E-state index contributed by atoms with van der Waals surface area (Å²) in [5.41, 5.74) is 0.935. The number of benzene rings is 1. The summed E-state index contributed by atoms with van der Waals surface area (Å²) >= 11 is 0. The molecule has 0 atom stereocenters. The first-order valence-corrected chi connectivity index (χ1v) is 6.50. The van der Waals surface area contributed by atoms with Crippen molar-refractivity contribution in [1.29, 1.82) is 0 Å². The van der Waals surface area contributed by atoms with Gasteiger partial charge in [-0.25, -0.2) is 0 Å². The fourth-order valence-electron chi connectivity index (χ4n) is 2.28. The number of rotatable bonds is 4. The molecular weight excluding hydrogens is 212 g/mol. The Hall–Kier alpha value is -1.02. The van der Waals surface area contributed by atoms with Gasteiger partial charge in [-0.2, -0.15) is 0 Å². The predicted molar refractivity (Wildman–Crippen MR) is 69.4 cm³/mol. The van der Waals surface area contributed by atoms with Gasteiger partial charge in [0.05, 0.1) is 12.7 Å². The zero-order chi connectivity index (χ0) is 12.3. The van der Waals surface area contributed by atoms with E-state index in [0.29, 0.717) is 6.10 Å². The number of aliphatic hydroxyl groups is 1. The standard InChI is InChI=1S/C15H22O2/c1-15(2,11-16)12-6-5-9-14(10-12)17-13-7-3-4-8-13/h5-6,9-10,13,16H,3-4,7-8,11H2,1-2H3. The number of hydrogen-bond acceptors (Lipinski definition) is 2. The maximum absolute atomic E-state index is 9.38. The van der Waals surface area contributed by atoms with Gasteiger partial charge in [0.2, 0.25) is 0 Å². The van der Waals surface area contributed by atoms with Crippen LogP contribution in [0.4, 0.5) is 0 Å². The molecule has 17 heavy (non-hydrogen) atoms. The van der Waals surface area contributed by atoms with Gasteiger partial charge in [-0.05, 0) is 43.4 Å². The number of ether oxygens (including phenoxy) is 1. The highest BCUT2D eigenvalue weighted by molar-refractivity contribution is 5.33. The average Bonchev–Trinajstić information content (AvgIpc) is 2.82. The Morgan fingerprint density at radius 1 is 1.29 bits per heavy atom. The Kier molecular flexibility index (Phi) is 3.72. The first-order valence-electron chi connectivity index (χ1n) is 6.50. The molecule has 1 aliphatic rings. The molecule has 1 N–H and O–H groups in total. The van der Waals surface area contributed by atoms with Crippen LogP contribution in [0.2, 0.25) is 0 Å². The zero-order valence-corrected chi connectivity index (χ0v) is 10.8. The quantitative estimate of drug-likeness (QED) is 0.866. The smallest absolute Gasteiger partial charge is 0.120 e. The molecule has 2 nitrogen and oxygen atoms in total. The summed E-state index contributed by atoms with van der Waals surface area (Å²) < 4.78 is 5.97. The molecule has 0 aliphatic heterocycles. The van der Waals surface area contributed by atoms with Gasteiger partial charge in [0.15, 0.2) is 0 Å². The highest BCUT2D eigenvalue weighted by Gasteiger charge is 2.21. The van der Waals surface area contributed by atoms with E-state index in [4.69, 9.17) is 4.74 Å². The molecule has 0 heterocycles. The normalized spacial score (nSPS) is 17.4. The lowest BCUT2D eigenvalue weighted by atomic mass is 9.85. The number of aliphatic hydroxyl groups excluding tert-OH is 1. The van der Waals surface area contributed by atoms with Crippen molar-refractivity contribution in [2.45, 2.75) is 51.0 Å². The molecular formula is C15H22O2. The molecule has 94 valence electrons. The van der Waals surface area contributed by atoms with Crippen molar-refractivity contribution in [3.8, 4) is 5.75 Å². The van der Waals surface area contributed by atoms with Crippen LogP contribution in [-0.2, 0) is 5.41 Å². The minimum atomic E-state index is -0.199. The zero-order valence-electron chi connectivity index (χ0n) is 10.8. The van der Waals surface area contributed by atoms with E-state index in [1.807, 2.05) is 26.0 Å². The first kappa shape index (κ1) is 12.4. The minimum absolute atomic E-state index is 0.153. The van der Waals surface area contributed by atoms with Crippen molar-refractivity contribution in [1.82, 2.24) is 0 Å². The lowest BCUT2D eigenvalue weighted by Crippen LogP contribution is -2.22. The Balaban J connectivity index is 2.10. The first-order chi connectivity index (χ1) is 8.12. The van der Waals surface area contributed by atoms with Gasteiger partial charge in [0, 0.05) is 5.41 Å². The van der Waals surface area contributed by atoms with Crippen LogP contribution in [0.25, 0.3) is 0 Å². The highest BCUT2D eigenvalue weighted by Crippen LogP contribution is 2.28. The van der Waals surface area contributed by atoms with E-state index < -0.39 is 0 Å². The summed E-state index contributed by atoms with van der Waals surface area (Å²) in [6, 6.07) is 8.14. The monoisotopic (exact) mass is 234 g/mol. The molecule has 2 rings (SSSR count). The fraction of sp³-hybridized carbons (Fsp3) is 0.600. The molecule has 1 aliphatic carbocycles. The molecule has 0 spiro atoms. The molecule has 0 amide bonds. The van der Waals surface area contributed by atoms with E-state index >= 15 is 0 Å². The van der Waals surface area contributed by atoms with Gasteiger partial charge in [-0.3, -0.25) is 0 Å². The number of hydrogen-bond donors (Lipinski definition) is 1. The SMILES string of the molecule is CC(C)(CO)c1cccc(OC2CCCC2)c1. The van der Waals surface area contributed by atoms with E-state index in [-0.39, 0.29) is 12.0 Å². The summed E-state index contributed by atoms with van der Waals surface area (Å²) in [4.78, 5) is 0. The van der Waals surface area contributed by atoms with Crippen molar-refractivity contribution in [3.63, 3.8) is 0 Å². The fourth-order valence-corrected chi connectivity index (χ4v) is 2.28. The van der Waals surface area contributed by atoms with Gasteiger partial charge >= 0.3 is 0 Å².